The number of fused-ring (bicyclic) bond motifs is 1. The zero-order valence-electron chi connectivity index (χ0n) is 11.5. The van der Waals surface area contributed by atoms with Crippen LogP contribution in [0.15, 0.2) is 24.4 Å². The van der Waals surface area contributed by atoms with E-state index >= 15 is 0 Å². The van der Waals surface area contributed by atoms with E-state index < -0.39 is 5.97 Å². The number of nitrogens with zero attached hydrogens (tertiary/aromatic N) is 2. The smallest absolute Gasteiger partial charge is 0.358 e. The second-order valence-corrected chi connectivity index (χ2v) is 5.15. The molecule has 0 aliphatic heterocycles. The molecule has 0 fully saturated rings. The SMILES string of the molecule is COC(=O)c1nc(C(C)(C)CCN)n2ccccc12. The van der Waals surface area contributed by atoms with Crippen LogP contribution in [0.3, 0.4) is 0 Å². The van der Waals surface area contributed by atoms with Gasteiger partial charge in [0.2, 0.25) is 0 Å². The molecule has 2 aromatic heterocycles. The van der Waals surface area contributed by atoms with Crippen LogP contribution >= 0.6 is 0 Å². The molecule has 2 heterocycles. The molecule has 19 heavy (non-hydrogen) atoms. The summed E-state index contributed by atoms with van der Waals surface area (Å²) in [5, 5.41) is 0. The zero-order chi connectivity index (χ0) is 14.0. The maximum atomic E-state index is 11.8. The molecule has 5 heteroatoms. The van der Waals surface area contributed by atoms with Crippen LogP contribution in [0.5, 0.6) is 0 Å². The van der Waals surface area contributed by atoms with E-state index in [2.05, 4.69) is 18.8 Å². The van der Waals surface area contributed by atoms with Gasteiger partial charge in [-0.05, 0) is 25.1 Å². The fraction of sp³-hybridized carbons (Fsp3) is 0.429. The second-order valence-electron chi connectivity index (χ2n) is 5.15. The van der Waals surface area contributed by atoms with Gasteiger partial charge in [-0.1, -0.05) is 19.9 Å². The number of methoxy groups -OCH3 is 1. The van der Waals surface area contributed by atoms with Gasteiger partial charge in [0.05, 0.1) is 12.6 Å². The number of carbonyl (C=O) groups excluding carboxylic acids is 1. The Kier molecular flexibility index (Phi) is 3.57. The topological polar surface area (TPSA) is 69.6 Å². The number of pyridine rings is 1. The van der Waals surface area contributed by atoms with Gasteiger partial charge in [-0.3, -0.25) is 0 Å². The van der Waals surface area contributed by atoms with E-state index in [1.54, 1.807) is 0 Å². The van der Waals surface area contributed by atoms with Crippen molar-refractivity contribution in [2.24, 2.45) is 5.73 Å². The fourth-order valence-electron chi connectivity index (χ4n) is 2.23. The van der Waals surface area contributed by atoms with Crippen molar-refractivity contribution in [3.63, 3.8) is 0 Å². The Balaban J connectivity index is 2.66. The van der Waals surface area contributed by atoms with E-state index in [0.717, 1.165) is 17.8 Å². The molecule has 2 aromatic rings. The molecule has 0 amide bonds. The number of aromatic nitrogens is 2. The molecule has 102 valence electrons. The summed E-state index contributed by atoms with van der Waals surface area (Å²) < 4.78 is 6.72. The number of ether oxygens (including phenoxy) is 1. The highest BCUT2D eigenvalue weighted by Gasteiger charge is 2.28. The van der Waals surface area contributed by atoms with Crippen molar-refractivity contribution in [3.8, 4) is 0 Å². The predicted molar refractivity (Wildman–Crippen MR) is 73.2 cm³/mol. The third kappa shape index (κ3) is 2.33. The zero-order valence-corrected chi connectivity index (χ0v) is 11.5. The average Bonchev–Trinajstić information content (AvgIpc) is 2.78. The molecule has 0 atom stereocenters. The highest BCUT2D eigenvalue weighted by Crippen LogP contribution is 2.28. The maximum absolute atomic E-state index is 11.8. The van der Waals surface area contributed by atoms with Crippen molar-refractivity contribution in [1.82, 2.24) is 9.38 Å². The van der Waals surface area contributed by atoms with Crippen molar-refractivity contribution in [2.75, 3.05) is 13.7 Å². The Labute approximate surface area is 112 Å². The average molecular weight is 261 g/mol. The first-order valence-corrected chi connectivity index (χ1v) is 6.27. The van der Waals surface area contributed by atoms with E-state index in [1.807, 2.05) is 28.8 Å². The van der Waals surface area contributed by atoms with E-state index in [-0.39, 0.29) is 5.41 Å². The van der Waals surface area contributed by atoms with Crippen molar-refractivity contribution in [2.45, 2.75) is 25.7 Å². The molecule has 2 N–H and O–H groups in total. The fourth-order valence-corrected chi connectivity index (χ4v) is 2.23. The molecule has 2 rings (SSSR count). The summed E-state index contributed by atoms with van der Waals surface area (Å²) in [6.07, 6.45) is 2.70. The lowest BCUT2D eigenvalue weighted by atomic mass is 9.88. The molecule has 0 bridgehead atoms. The Morgan fingerprint density at radius 2 is 2.21 bits per heavy atom. The summed E-state index contributed by atoms with van der Waals surface area (Å²) >= 11 is 0. The predicted octanol–water partition coefficient (Wildman–Crippen LogP) is 1.75. The second kappa shape index (κ2) is 5.01. The Hall–Kier alpha value is -1.88. The molecule has 5 nitrogen and oxygen atoms in total. The van der Waals surface area contributed by atoms with Crippen molar-refractivity contribution >= 4 is 11.5 Å². The van der Waals surface area contributed by atoms with Crippen LogP contribution in [0.25, 0.3) is 5.52 Å². The summed E-state index contributed by atoms with van der Waals surface area (Å²) in [5.41, 5.74) is 6.57. The molecule has 0 radical (unpaired) electrons. The normalized spacial score (nSPS) is 11.8. The van der Waals surface area contributed by atoms with Crippen LogP contribution in [-0.2, 0) is 10.2 Å². The number of rotatable bonds is 4. The molecule has 0 saturated carbocycles. The summed E-state index contributed by atoms with van der Waals surface area (Å²) in [4.78, 5) is 16.3. The molecule has 0 aliphatic carbocycles. The van der Waals surface area contributed by atoms with Gasteiger partial charge < -0.3 is 14.9 Å². The Morgan fingerprint density at radius 1 is 1.47 bits per heavy atom. The van der Waals surface area contributed by atoms with Crippen LogP contribution < -0.4 is 5.73 Å². The van der Waals surface area contributed by atoms with Crippen LogP contribution in [0.4, 0.5) is 0 Å². The number of hydrogen-bond acceptors (Lipinski definition) is 4. The number of carbonyl (C=O) groups is 1. The summed E-state index contributed by atoms with van der Waals surface area (Å²) in [7, 11) is 1.36. The van der Waals surface area contributed by atoms with Crippen molar-refractivity contribution in [1.29, 1.82) is 0 Å². The molecule has 0 saturated heterocycles. The summed E-state index contributed by atoms with van der Waals surface area (Å²) in [6, 6.07) is 5.65. The van der Waals surface area contributed by atoms with Gasteiger partial charge in [0, 0.05) is 11.6 Å². The van der Waals surface area contributed by atoms with E-state index in [1.165, 1.54) is 7.11 Å². The van der Waals surface area contributed by atoms with E-state index in [4.69, 9.17) is 10.5 Å². The quantitative estimate of drug-likeness (QED) is 0.851. The molecule has 0 unspecified atom stereocenters. The molecule has 0 aliphatic rings. The molecular weight excluding hydrogens is 242 g/mol. The van der Waals surface area contributed by atoms with Crippen molar-refractivity contribution < 1.29 is 9.53 Å². The lowest BCUT2D eigenvalue weighted by molar-refractivity contribution is 0.0596. The van der Waals surface area contributed by atoms with Gasteiger partial charge in [-0.25, -0.2) is 9.78 Å². The monoisotopic (exact) mass is 261 g/mol. The first-order chi connectivity index (χ1) is 9.01. The van der Waals surface area contributed by atoms with E-state index in [9.17, 15) is 4.79 Å². The minimum Gasteiger partial charge on any atom is -0.464 e. The van der Waals surface area contributed by atoms with Gasteiger partial charge in [0.25, 0.3) is 0 Å². The summed E-state index contributed by atoms with van der Waals surface area (Å²) in [5.74, 6) is 0.410. The largest absolute Gasteiger partial charge is 0.464 e. The van der Waals surface area contributed by atoms with Crippen LogP contribution in [-0.4, -0.2) is 29.0 Å². The maximum Gasteiger partial charge on any atom is 0.358 e. The van der Waals surface area contributed by atoms with Crippen molar-refractivity contribution in [3.05, 3.63) is 35.9 Å². The van der Waals surface area contributed by atoms with Crippen LogP contribution in [0.2, 0.25) is 0 Å². The third-order valence-corrected chi connectivity index (χ3v) is 3.30. The third-order valence-electron chi connectivity index (χ3n) is 3.30. The number of nitrogens with two attached hydrogens (primary N) is 1. The van der Waals surface area contributed by atoms with E-state index in [0.29, 0.717) is 12.2 Å². The highest BCUT2D eigenvalue weighted by molar-refractivity contribution is 5.95. The highest BCUT2D eigenvalue weighted by atomic mass is 16.5. The van der Waals surface area contributed by atoms with Crippen LogP contribution in [0.1, 0.15) is 36.6 Å². The van der Waals surface area contributed by atoms with Crippen LogP contribution in [0, 0.1) is 0 Å². The first-order valence-electron chi connectivity index (χ1n) is 6.27. The molecule has 0 spiro atoms. The molecule has 0 aromatic carbocycles. The molecular formula is C14H19N3O2. The number of hydrogen-bond donors (Lipinski definition) is 1. The van der Waals surface area contributed by atoms with Gasteiger partial charge in [0.15, 0.2) is 5.69 Å². The standard InChI is InChI=1S/C14H19N3O2/c1-14(2,7-8-15)13-16-11(12(18)19-3)10-6-4-5-9-17(10)13/h4-6,9H,7-8,15H2,1-3H3. The Bertz CT molecular complexity index is 602. The van der Waals surface area contributed by atoms with Gasteiger partial charge in [0.1, 0.15) is 5.82 Å². The number of esters is 1. The lowest BCUT2D eigenvalue weighted by Crippen LogP contribution is -2.24. The Morgan fingerprint density at radius 3 is 2.84 bits per heavy atom. The van der Waals surface area contributed by atoms with Gasteiger partial charge in [-0.15, -0.1) is 0 Å². The van der Waals surface area contributed by atoms with Gasteiger partial charge in [-0.2, -0.15) is 0 Å². The first kappa shape index (κ1) is 13.5. The van der Waals surface area contributed by atoms with Gasteiger partial charge >= 0.3 is 5.97 Å². The lowest BCUT2D eigenvalue weighted by Gasteiger charge is -2.22. The minimum absolute atomic E-state index is 0.203. The minimum atomic E-state index is -0.418. The summed E-state index contributed by atoms with van der Waals surface area (Å²) in [6.45, 7) is 4.72. The number of imidazole rings is 1.